The molecule has 7 nitrogen and oxygen atoms in total. The Morgan fingerprint density at radius 2 is 1.38 bits per heavy atom. The minimum atomic E-state index is -1.10. The highest BCUT2D eigenvalue weighted by molar-refractivity contribution is 5.86. The molecule has 2 unspecified atom stereocenters. The molecule has 0 saturated heterocycles. The highest BCUT2D eigenvalue weighted by Crippen LogP contribution is 2.07. The first-order valence-electron chi connectivity index (χ1n) is 7.05. The van der Waals surface area contributed by atoms with Crippen LogP contribution >= 0.6 is 0 Å². The molecule has 0 aliphatic rings. The third-order valence-electron chi connectivity index (χ3n) is 2.81. The van der Waals surface area contributed by atoms with Crippen molar-refractivity contribution in [2.75, 3.05) is 7.11 Å². The largest absolute Gasteiger partial charge is 0.480 e. The van der Waals surface area contributed by atoms with Gasteiger partial charge in [0, 0.05) is 0 Å². The zero-order valence-electron chi connectivity index (χ0n) is 13.3. The van der Waals surface area contributed by atoms with E-state index in [-0.39, 0.29) is 11.8 Å². The van der Waals surface area contributed by atoms with Crippen molar-refractivity contribution < 1.29 is 24.2 Å². The predicted octanol–water partition coefficient (Wildman–Crippen LogP) is 1.37. The summed E-state index contributed by atoms with van der Waals surface area (Å²) in [5.41, 5.74) is 0. The van der Waals surface area contributed by atoms with Crippen LogP contribution in [-0.2, 0) is 14.3 Å². The molecule has 122 valence electrons. The number of carbonyl (C=O) groups excluding carboxylic acids is 2. The van der Waals surface area contributed by atoms with Crippen LogP contribution in [0.5, 0.6) is 0 Å². The van der Waals surface area contributed by atoms with E-state index in [1.807, 2.05) is 27.7 Å². The number of hydrogen-bond donors (Lipinski definition) is 3. The monoisotopic (exact) mass is 302 g/mol. The van der Waals surface area contributed by atoms with Crippen molar-refractivity contribution in [2.24, 2.45) is 11.8 Å². The topological polar surface area (TPSA) is 105 Å². The van der Waals surface area contributed by atoms with Gasteiger partial charge >= 0.3 is 18.0 Å². The summed E-state index contributed by atoms with van der Waals surface area (Å²) in [4.78, 5) is 34.5. The van der Waals surface area contributed by atoms with Crippen molar-refractivity contribution in [3.8, 4) is 0 Å². The van der Waals surface area contributed by atoms with Crippen molar-refractivity contribution >= 4 is 18.0 Å². The number of carbonyl (C=O) groups is 3. The Labute approximate surface area is 125 Å². The maximum Gasteiger partial charge on any atom is 0.328 e. The van der Waals surface area contributed by atoms with Crippen molar-refractivity contribution in [1.82, 2.24) is 10.6 Å². The van der Waals surface area contributed by atoms with Gasteiger partial charge in [0.15, 0.2) is 0 Å². The number of esters is 1. The normalized spacial score (nSPS) is 13.7. The molecule has 0 spiro atoms. The lowest BCUT2D eigenvalue weighted by molar-refractivity contribution is -0.143. The zero-order valence-corrected chi connectivity index (χ0v) is 13.3. The molecule has 2 atom stereocenters. The molecule has 21 heavy (non-hydrogen) atoms. The average molecular weight is 302 g/mol. The molecule has 0 heterocycles. The Hall–Kier alpha value is -1.79. The Balaban J connectivity index is 4.66. The molecule has 2 amide bonds. The number of carboxylic acid groups (broad SMARTS) is 1. The van der Waals surface area contributed by atoms with E-state index in [1.54, 1.807) is 0 Å². The number of aliphatic carboxylic acids is 1. The van der Waals surface area contributed by atoms with Gasteiger partial charge in [-0.05, 0) is 24.7 Å². The Morgan fingerprint density at radius 3 is 1.76 bits per heavy atom. The predicted molar refractivity (Wildman–Crippen MR) is 77.8 cm³/mol. The zero-order chi connectivity index (χ0) is 16.6. The first-order valence-corrected chi connectivity index (χ1v) is 7.05. The van der Waals surface area contributed by atoms with Crippen LogP contribution in [0.1, 0.15) is 40.5 Å². The number of ether oxygens (including phenoxy) is 1. The maximum absolute atomic E-state index is 11.9. The number of urea groups is 1. The van der Waals surface area contributed by atoms with Gasteiger partial charge < -0.3 is 20.5 Å². The number of rotatable bonds is 8. The second-order valence-electron chi connectivity index (χ2n) is 5.84. The van der Waals surface area contributed by atoms with E-state index in [2.05, 4.69) is 15.4 Å². The fourth-order valence-electron chi connectivity index (χ4n) is 1.88. The van der Waals surface area contributed by atoms with Gasteiger partial charge in [0.1, 0.15) is 12.1 Å². The summed E-state index contributed by atoms with van der Waals surface area (Å²) in [6.07, 6.45) is 0.734. The summed E-state index contributed by atoms with van der Waals surface area (Å²) in [7, 11) is 1.24. The highest BCUT2D eigenvalue weighted by Gasteiger charge is 2.26. The van der Waals surface area contributed by atoms with E-state index in [0.29, 0.717) is 12.8 Å². The van der Waals surface area contributed by atoms with E-state index in [9.17, 15) is 14.4 Å². The van der Waals surface area contributed by atoms with Gasteiger partial charge in [0.2, 0.25) is 0 Å². The molecular formula is C14H26N2O5. The molecular weight excluding hydrogens is 276 g/mol. The van der Waals surface area contributed by atoms with Gasteiger partial charge in [-0.1, -0.05) is 27.7 Å². The SMILES string of the molecule is COC(=O)C(CC(C)C)NC(=O)NC(CC(C)C)C(=O)O. The number of carboxylic acids is 1. The lowest BCUT2D eigenvalue weighted by atomic mass is 10.0. The molecule has 0 aliphatic carbocycles. The molecule has 0 saturated carbocycles. The first-order chi connectivity index (χ1) is 9.67. The number of nitrogens with one attached hydrogen (secondary N) is 2. The van der Waals surface area contributed by atoms with Crippen LogP contribution in [0, 0.1) is 11.8 Å². The summed E-state index contributed by atoms with van der Waals surface area (Å²) >= 11 is 0. The summed E-state index contributed by atoms with van der Waals surface area (Å²) in [5.74, 6) is -1.34. The molecule has 0 radical (unpaired) electrons. The Bertz CT molecular complexity index is 368. The molecule has 0 aromatic rings. The van der Waals surface area contributed by atoms with Gasteiger partial charge in [-0.25, -0.2) is 14.4 Å². The lowest BCUT2D eigenvalue weighted by Gasteiger charge is -2.21. The van der Waals surface area contributed by atoms with Crippen LogP contribution in [0.25, 0.3) is 0 Å². The van der Waals surface area contributed by atoms with Crippen molar-refractivity contribution in [3.05, 3.63) is 0 Å². The van der Waals surface area contributed by atoms with Gasteiger partial charge in [-0.15, -0.1) is 0 Å². The van der Waals surface area contributed by atoms with E-state index in [4.69, 9.17) is 5.11 Å². The van der Waals surface area contributed by atoms with E-state index >= 15 is 0 Å². The number of hydrogen-bond acceptors (Lipinski definition) is 4. The van der Waals surface area contributed by atoms with Gasteiger partial charge in [-0.3, -0.25) is 0 Å². The summed E-state index contributed by atoms with van der Waals surface area (Å²) in [6, 6.07) is -2.45. The summed E-state index contributed by atoms with van der Waals surface area (Å²) in [6.45, 7) is 7.56. The van der Waals surface area contributed by atoms with Crippen LogP contribution in [-0.4, -0.2) is 42.3 Å². The van der Waals surface area contributed by atoms with Crippen molar-refractivity contribution in [1.29, 1.82) is 0 Å². The van der Waals surface area contributed by atoms with Gasteiger partial charge in [0.25, 0.3) is 0 Å². The second-order valence-corrected chi connectivity index (χ2v) is 5.84. The third-order valence-corrected chi connectivity index (χ3v) is 2.81. The smallest absolute Gasteiger partial charge is 0.328 e. The van der Waals surface area contributed by atoms with Crippen LogP contribution in [0.3, 0.4) is 0 Å². The fraction of sp³-hybridized carbons (Fsp3) is 0.786. The van der Waals surface area contributed by atoms with Crippen LogP contribution in [0.2, 0.25) is 0 Å². The van der Waals surface area contributed by atoms with Crippen molar-refractivity contribution in [3.63, 3.8) is 0 Å². The molecule has 3 N–H and O–H groups in total. The molecule has 0 aromatic carbocycles. The minimum absolute atomic E-state index is 0.124. The standard InChI is InChI=1S/C14H26N2O5/c1-8(2)6-10(12(17)18)15-14(20)16-11(7-9(3)4)13(19)21-5/h8-11H,6-7H2,1-5H3,(H,17,18)(H2,15,16,20). The van der Waals surface area contributed by atoms with E-state index < -0.39 is 30.1 Å². The van der Waals surface area contributed by atoms with Crippen LogP contribution < -0.4 is 10.6 Å². The average Bonchev–Trinajstić information content (AvgIpc) is 2.34. The summed E-state index contributed by atoms with van der Waals surface area (Å²) < 4.78 is 4.63. The molecule has 7 heteroatoms. The van der Waals surface area contributed by atoms with Gasteiger partial charge in [-0.2, -0.15) is 0 Å². The van der Waals surface area contributed by atoms with Gasteiger partial charge in [0.05, 0.1) is 7.11 Å². The number of methoxy groups -OCH3 is 1. The highest BCUT2D eigenvalue weighted by atomic mass is 16.5. The lowest BCUT2D eigenvalue weighted by Crippen LogP contribution is -2.51. The van der Waals surface area contributed by atoms with Crippen LogP contribution in [0.4, 0.5) is 4.79 Å². The Morgan fingerprint density at radius 1 is 0.952 bits per heavy atom. The minimum Gasteiger partial charge on any atom is -0.480 e. The Kier molecular flexibility index (Phi) is 8.42. The third kappa shape index (κ3) is 8.16. The fourth-order valence-corrected chi connectivity index (χ4v) is 1.88. The number of amides is 2. The molecule has 0 aliphatic heterocycles. The second kappa shape index (κ2) is 9.20. The molecule has 0 rings (SSSR count). The van der Waals surface area contributed by atoms with E-state index in [0.717, 1.165) is 0 Å². The first kappa shape index (κ1) is 19.2. The summed E-state index contributed by atoms with van der Waals surface area (Å²) in [5, 5.41) is 13.9. The van der Waals surface area contributed by atoms with E-state index in [1.165, 1.54) is 7.11 Å². The van der Waals surface area contributed by atoms with Crippen LogP contribution in [0.15, 0.2) is 0 Å². The maximum atomic E-state index is 11.9. The molecule has 0 fully saturated rings. The molecule has 0 aromatic heterocycles. The quantitative estimate of drug-likeness (QED) is 0.587. The van der Waals surface area contributed by atoms with Crippen molar-refractivity contribution in [2.45, 2.75) is 52.6 Å². The molecule has 0 bridgehead atoms.